The zero-order valence-electron chi connectivity index (χ0n) is 11.3. The predicted octanol–water partition coefficient (Wildman–Crippen LogP) is 0.747. The summed E-state index contributed by atoms with van der Waals surface area (Å²) >= 11 is 1.80. The first kappa shape index (κ1) is 16.1. The Kier molecular flexibility index (Phi) is 6.44. The van der Waals surface area contributed by atoms with Gasteiger partial charge in [0.25, 0.3) is 0 Å². The number of β-amino-alcohol motifs (C(OH)–C–C–N with tert-alkyl or cyclic N) is 1. The Morgan fingerprint density at radius 2 is 2.21 bits per heavy atom. The molecule has 0 saturated carbocycles. The van der Waals surface area contributed by atoms with Crippen molar-refractivity contribution in [3.63, 3.8) is 0 Å². The molecular formula is C12H22N2O4S. The Morgan fingerprint density at radius 1 is 1.53 bits per heavy atom. The summed E-state index contributed by atoms with van der Waals surface area (Å²) < 4.78 is 0. The van der Waals surface area contributed by atoms with E-state index in [9.17, 15) is 14.7 Å². The molecule has 7 heteroatoms. The molecule has 0 aliphatic carbocycles. The predicted molar refractivity (Wildman–Crippen MR) is 74.4 cm³/mol. The minimum absolute atomic E-state index is 0.00117. The lowest BCUT2D eigenvalue weighted by Gasteiger charge is -2.24. The summed E-state index contributed by atoms with van der Waals surface area (Å²) in [6, 6.07) is -1.33. The molecule has 1 fully saturated rings. The summed E-state index contributed by atoms with van der Waals surface area (Å²) in [4.78, 5) is 24.2. The van der Waals surface area contributed by atoms with E-state index in [1.54, 1.807) is 11.8 Å². The molecule has 3 N–H and O–H groups in total. The Morgan fingerprint density at radius 3 is 2.79 bits per heavy atom. The lowest BCUT2D eigenvalue weighted by Crippen LogP contribution is -2.48. The summed E-state index contributed by atoms with van der Waals surface area (Å²) in [5, 5.41) is 21.3. The highest BCUT2D eigenvalue weighted by atomic mass is 32.2. The summed E-state index contributed by atoms with van der Waals surface area (Å²) in [7, 11) is 0. The monoisotopic (exact) mass is 290 g/mol. The number of thioether (sulfide) groups is 1. The average Bonchev–Trinajstić information content (AvgIpc) is 2.72. The molecule has 1 rings (SSSR count). The Bertz CT molecular complexity index is 327. The van der Waals surface area contributed by atoms with Gasteiger partial charge in [-0.05, 0) is 24.9 Å². The molecule has 2 unspecified atom stereocenters. The van der Waals surface area contributed by atoms with Crippen molar-refractivity contribution in [1.29, 1.82) is 0 Å². The van der Waals surface area contributed by atoms with Gasteiger partial charge in [0.1, 0.15) is 6.04 Å². The molecule has 0 radical (unpaired) electrons. The minimum atomic E-state index is -1.07. The molecule has 3 atom stereocenters. The largest absolute Gasteiger partial charge is 0.480 e. The maximum atomic E-state index is 12.0. The summed E-state index contributed by atoms with van der Waals surface area (Å²) in [5.74, 6) is 0.934. The van der Waals surface area contributed by atoms with Crippen LogP contribution in [0.3, 0.4) is 0 Å². The number of carboxylic acids is 1. The van der Waals surface area contributed by atoms with E-state index in [1.807, 2.05) is 6.92 Å². The number of aliphatic carboxylic acids is 1. The summed E-state index contributed by atoms with van der Waals surface area (Å²) in [6.45, 7) is 4.06. The number of carboxylic acid groups (broad SMARTS) is 1. The maximum absolute atomic E-state index is 12.0. The number of carbonyl (C=O) groups excluding carboxylic acids is 1. The molecule has 0 spiro atoms. The van der Waals surface area contributed by atoms with Gasteiger partial charge in [0, 0.05) is 19.0 Å². The van der Waals surface area contributed by atoms with Crippen molar-refractivity contribution < 1.29 is 19.8 Å². The fourth-order valence-electron chi connectivity index (χ4n) is 2.04. The van der Waals surface area contributed by atoms with E-state index in [1.165, 1.54) is 4.90 Å². The van der Waals surface area contributed by atoms with Crippen LogP contribution in [0.15, 0.2) is 0 Å². The molecule has 0 aromatic heterocycles. The quantitative estimate of drug-likeness (QED) is 0.628. The summed E-state index contributed by atoms with van der Waals surface area (Å²) in [5.41, 5.74) is 0. The second-order valence-electron chi connectivity index (χ2n) is 4.73. The van der Waals surface area contributed by atoms with Crippen molar-refractivity contribution in [1.82, 2.24) is 10.2 Å². The van der Waals surface area contributed by atoms with Gasteiger partial charge < -0.3 is 20.4 Å². The maximum Gasteiger partial charge on any atom is 0.326 e. The number of nitrogens with one attached hydrogen (secondary N) is 1. The number of amides is 2. The molecule has 0 bridgehead atoms. The van der Waals surface area contributed by atoms with Gasteiger partial charge in [-0.15, -0.1) is 0 Å². The van der Waals surface area contributed by atoms with E-state index >= 15 is 0 Å². The molecule has 0 aromatic rings. The second-order valence-corrected chi connectivity index (χ2v) is 6.13. The molecule has 1 aliphatic heterocycles. The lowest BCUT2D eigenvalue weighted by molar-refractivity contribution is -0.141. The van der Waals surface area contributed by atoms with Gasteiger partial charge in [0.05, 0.1) is 6.10 Å². The standard InChI is InChI=1S/C12H22N2O4S/c1-3-19-5-4-8(2)13-12(18)14-7-9(15)6-10(14)11(16)17/h8-10,15H,3-7H2,1-2H3,(H,13,18)(H,16,17)/t8?,9?,10-/m0/s1. The zero-order chi connectivity index (χ0) is 14.4. The molecule has 110 valence electrons. The van der Waals surface area contributed by atoms with Crippen LogP contribution in [0.5, 0.6) is 0 Å². The van der Waals surface area contributed by atoms with Crippen LogP contribution in [0.25, 0.3) is 0 Å². The van der Waals surface area contributed by atoms with Crippen molar-refractivity contribution in [2.75, 3.05) is 18.1 Å². The molecule has 1 saturated heterocycles. The molecule has 6 nitrogen and oxygen atoms in total. The molecule has 0 aromatic carbocycles. The van der Waals surface area contributed by atoms with Crippen molar-refractivity contribution in [2.24, 2.45) is 0 Å². The van der Waals surface area contributed by atoms with Gasteiger partial charge in [-0.2, -0.15) is 11.8 Å². The molecular weight excluding hydrogens is 268 g/mol. The van der Waals surface area contributed by atoms with Gasteiger partial charge in [0.15, 0.2) is 0 Å². The first-order valence-corrected chi connectivity index (χ1v) is 7.66. The number of likely N-dealkylation sites (tertiary alicyclic amines) is 1. The van der Waals surface area contributed by atoms with Crippen LogP contribution < -0.4 is 5.32 Å². The van der Waals surface area contributed by atoms with Crippen molar-refractivity contribution in [2.45, 2.75) is 44.9 Å². The van der Waals surface area contributed by atoms with Gasteiger partial charge in [-0.3, -0.25) is 0 Å². The number of urea groups is 1. The highest BCUT2D eigenvalue weighted by molar-refractivity contribution is 7.99. The lowest BCUT2D eigenvalue weighted by atomic mass is 10.2. The number of carbonyl (C=O) groups is 2. The number of aliphatic hydroxyl groups is 1. The zero-order valence-corrected chi connectivity index (χ0v) is 12.2. The van der Waals surface area contributed by atoms with Crippen molar-refractivity contribution in [3.8, 4) is 0 Å². The molecule has 1 heterocycles. The van der Waals surface area contributed by atoms with Crippen LogP contribution in [0.4, 0.5) is 4.79 Å². The van der Waals surface area contributed by atoms with Crippen LogP contribution in [0.2, 0.25) is 0 Å². The van der Waals surface area contributed by atoms with E-state index in [0.29, 0.717) is 0 Å². The number of hydrogen-bond acceptors (Lipinski definition) is 4. The Hall–Kier alpha value is -0.950. The summed E-state index contributed by atoms with van der Waals surface area (Å²) in [6.07, 6.45) is 0.194. The van der Waals surface area contributed by atoms with Gasteiger partial charge in [-0.1, -0.05) is 6.92 Å². The van der Waals surface area contributed by atoms with Gasteiger partial charge in [0.2, 0.25) is 0 Å². The highest BCUT2D eigenvalue weighted by Crippen LogP contribution is 2.18. The van der Waals surface area contributed by atoms with E-state index in [-0.39, 0.29) is 19.0 Å². The van der Waals surface area contributed by atoms with E-state index < -0.39 is 24.1 Å². The molecule has 2 amide bonds. The van der Waals surface area contributed by atoms with Gasteiger partial charge >= 0.3 is 12.0 Å². The number of aliphatic hydroxyl groups excluding tert-OH is 1. The molecule has 19 heavy (non-hydrogen) atoms. The third-order valence-electron chi connectivity index (χ3n) is 3.09. The number of rotatable bonds is 6. The molecule has 1 aliphatic rings. The third kappa shape index (κ3) is 4.91. The highest BCUT2D eigenvalue weighted by Gasteiger charge is 2.39. The smallest absolute Gasteiger partial charge is 0.326 e. The van der Waals surface area contributed by atoms with Crippen LogP contribution >= 0.6 is 11.8 Å². The Labute approximate surface area is 117 Å². The van der Waals surface area contributed by atoms with E-state index in [2.05, 4.69) is 12.2 Å². The first-order chi connectivity index (χ1) is 8.95. The Balaban J connectivity index is 2.45. The van der Waals surface area contributed by atoms with Crippen LogP contribution in [0.1, 0.15) is 26.7 Å². The number of hydrogen-bond donors (Lipinski definition) is 3. The van der Waals surface area contributed by atoms with E-state index in [0.717, 1.165) is 17.9 Å². The first-order valence-electron chi connectivity index (χ1n) is 6.51. The topological polar surface area (TPSA) is 89.9 Å². The van der Waals surface area contributed by atoms with Gasteiger partial charge in [-0.25, -0.2) is 9.59 Å². The number of nitrogens with zero attached hydrogens (tertiary/aromatic N) is 1. The normalized spacial score (nSPS) is 24.3. The fourth-order valence-corrected chi connectivity index (χ4v) is 2.85. The van der Waals surface area contributed by atoms with Crippen LogP contribution in [-0.2, 0) is 4.79 Å². The second kappa shape index (κ2) is 7.59. The van der Waals surface area contributed by atoms with Crippen LogP contribution in [-0.4, -0.2) is 63.4 Å². The van der Waals surface area contributed by atoms with E-state index in [4.69, 9.17) is 5.11 Å². The SMILES string of the molecule is CCSCCC(C)NC(=O)N1CC(O)C[C@H]1C(=O)O. The van der Waals surface area contributed by atoms with Crippen LogP contribution in [0, 0.1) is 0 Å². The van der Waals surface area contributed by atoms with Crippen molar-refractivity contribution in [3.05, 3.63) is 0 Å². The fraction of sp³-hybridized carbons (Fsp3) is 0.833. The average molecular weight is 290 g/mol. The minimum Gasteiger partial charge on any atom is -0.480 e. The third-order valence-corrected chi connectivity index (χ3v) is 4.03. The van der Waals surface area contributed by atoms with Crippen molar-refractivity contribution >= 4 is 23.8 Å².